The van der Waals surface area contributed by atoms with E-state index in [2.05, 4.69) is 15.6 Å². The van der Waals surface area contributed by atoms with Crippen molar-refractivity contribution in [3.05, 3.63) is 93.5 Å². The molecule has 0 saturated carbocycles. The van der Waals surface area contributed by atoms with Crippen LogP contribution in [-0.4, -0.2) is 16.8 Å². The van der Waals surface area contributed by atoms with Crippen molar-refractivity contribution in [3.8, 4) is 12.1 Å². The summed E-state index contributed by atoms with van der Waals surface area (Å²) in [4.78, 5) is 28.8. The Labute approximate surface area is 209 Å². The third kappa shape index (κ3) is 5.02. The van der Waals surface area contributed by atoms with Crippen molar-refractivity contribution in [1.29, 1.82) is 10.5 Å². The lowest BCUT2D eigenvalue weighted by Gasteiger charge is -2.04. The van der Waals surface area contributed by atoms with Crippen LogP contribution < -0.4 is 21.3 Å². The molecule has 0 spiro atoms. The fourth-order valence-electron chi connectivity index (χ4n) is 3.47. The van der Waals surface area contributed by atoms with Crippen LogP contribution in [0.25, 0.3) is 21.9 Å². The second kappa shape index (κ2) is 10.1. The van der Waals surface area contributed by atoms with E-state index >= 15 is 0 Å². The minimum atomic E-state index is -0.655. The van der Waals surface area contributed by atoms with E-state index in [-0.39, 0.29) is 21.8 Å². The summed E-state index contributed by atoms with van der Waals surface area (Å²) in [5, 5.41) is 27.4. The van der Waals surface area contributed by atoms with Gasteiger partial charge in [0, 0.05) is 32.2 Å². The molecule has 3 aromatic carbocycles. The lowest BCUT2D eigenvalue weighted by Crippen LogP contribution is -2.25. The molecule has 3 N–H and O–H groups in total. The molecule has 0 atom stereocenters. The van der Waals surface area contributed by atoms with Crippen molar-refractivity contribution < 1.29 is 9.59 Å². The molecule has 9 heteroatoms. The molecule has 0 aliphatic heterocycles. The number of rotatable bonds is 4. The van der Waals surface area contributed by atoms with Crippen molar-refractivity contribution >= 4 is 68.3 Å². The van der Waals surface area contributed by atoms with Gasteiger partial charge >= 0.3 is 0 Å². The van der Waals surface area contributed by atoms with E-state index in [1.165, 1.54) is 0 Å². The van der Waals surface area contributed by atoms with Gasteiger partial charge in [-0.05, 0) is 48.5 Å². The predicted octanol–water partition coefficient (Wildman–Crippen LogP) is 4.10. The molecule has 4 rings (SSSR count). The van der Waals surface area contributed by atoms with Crippen molar-refractivity contribution in [3.63, 3.8) is 0 Å². The molecule has 170 valence electrons. The van der Waals surface area contributed by atoms with E-state index < -0.39 is 11.8 Å². The number of fused-ring (bicyclic) bond motifs is 1. The molecule has 7 nitrogen and oxygen atoms in total. The van der Waals surface area contributed by atoms with Crippen molar-refractivity contribution in [2.24, 2.45) is 0 Å². The lowest BCUT2D eigenvalue weighted by atomic mass is 10.1. The first-order valence-corrected chi connectivity index (χ1v) is 11.0. The summed E-state index contributed by atoms with van der Waals surface area (Å²) in [5.41, 5.74) is 0.486. The number of nitriles is 2. The van der Waals surface area contributed by atoms with Gasteiger partial charge in [0.2, 0.25) is 0 Å². The Kier molecular flexibility index (Phi) is 6.84. The number of nitrogens with zero attached hydrogens (tertiary/aromatic N) is 2. The number of aromatic amines is 1. The number of anilines is 2. The molecule has 0 aliphatic carbocycles. The number of nitrogens with one attached hydrogen (secondary N) is 3. The Hall–Kier alpha value is -4.56. The fraction of sp³-hybridized carbons (Fsp3) is 0. The maximum absolute atomic E-state index is 12.9. The molecule has 0 unspecified atom stereocenters. The zero-order valence-electron chi connectivity index (χ0n) is 17.9. The molecule has 2 amide bonds. The number of amides is 2. The van der Waals surface area contributed by atoms with Gasteiger partial charge in [0.25, 0.3) is 11.8 Å². The smallest absolute Gasteiger partial charge is 0.268 e. The lowest BCUT2D eigenvalue weighted by molar-refractivity contribution is -0.111. The second-order valence-electron chi connectivity index (χ2n) is 7.32. The largest absolute Gasteiger partial charge is 0.352 e. The van der Waals surface area contributed by atoms with Crippen LogP contribution in [0.1, 0.15) is 0 Å². The number of carbonyl (C=O) groups is 2. The number of hydrogen-bond donors (Lipinski definition) is 3. The highest BCUT2D eigenvalue weighted by Crippen LogP contribution is 2.16. The van der Waals surface area contributed by atoms with E-state index in [0.717, 1.165) is 0 Å². The average Bonchev–Trinajstić information content (AvgIpc) is 3.22. The maximum atomic E-state index is 12.9. The van der Waals surface area contributed by atoms with E-state index in [4.69, 9.17) is 23.2 Å². The first kappa shape index (κ1) is 23.6. The monoisotopic (exact) mass is 499 g/mol. The molecule has 0 fully saturated rings. The van der Waals surface area contributed by atoms with Gasteiger partial charge in [-0.3, -0.25) is 9.59 Å². The zero-order chi connectivity index (χ0) is 24.9. The maximum Gasteiger partial charge on any atom is 0.268 e. The number of aromatic nitrogens is 1. The van der Waals surface area contributed by atoms with Gasteiger partial charge in [-0.2, -0.15) is 10.5 Å². The fourth-order valence-corrected chi connectivity index (χ4v) is 3.72. The summed E-state index contributed by atoms with van der Waals surface area (Å²) in [6.45, 7) is 0. The molecule has 1 aromatic heterocycles. The van der Waals surface area contributed by atoms with Gasteiger partial charge < -0.3 is 15.6 Å². The van der Waals surface area contributed by atoms with Crippen LogP contribution in [0.3, 0.4) is 0 Å². The SMILES string of the molecule is N#CC(C(=O)Nc1ccc(Cl)cc1)=c1[nH]c(=C(C#N)C(=O)Nc2ccc(Cl)cc2)c2ccccc12. The number of hydrogen-bond acceptors (Lipinski definition) is 4. The predicted molar refractivity (Wildman–Crippen MR) is 136 cm³/mol. The molecule has 0 radical (unpaired) electrons. The third-order valence-electron chi connectivity index (χ3n) is 5.10. The topological polar surface area (TPSA) is 122 Å². The minimum Gasteiger partial charge on any atom is -0.352 e. The molecule has 0 saturated heterocycles. The molecule has 0 bridgehead atoms. The Bertz CT molecular complexity index is 1540. The number of carbonyl (C=O) groups excluding carboxylic acids is 2. The summed E-state index contributed by atoms with van der Waals surface area (Å²) < 4.78 is 0. The standard InChI is InChI=1S/C26H15Cl2N5O2/c27-15-5-9-17(10-6-15)31-25(34)21(13-29)23-19-3-1-2-4-20(19)24(33-23)22(14-30)26(35)32-18-11-7-16(28)8-12-18/h1-12,33H,(H,31,34)(H,32,35). The van der Waals surface area contributed by atoms with Gasteiger partial charge in [0.05, 0.1) is 10.7 Å². The van der Waals surface area contributed by atoms with E-state index in [1.807, 2.05) is 12.1 Å². The van der Waals surface area contributed by atoms with E-state index in [9.17, 15) is 20.1 Å². The van der Waals surface area contributed by atoms with Crippen LogP contribution in [0.15, 0.2) is 72.8 Å². The minimum absolute atomic E-state index is 0.191. The summed E-state index contributed by atoms with van der Waals surface area (Å²) in [6.07, 6.45) is 0. The van der Waals surface area contributed by atoms with Gasteiger partial charge in [-0.15, -0.1) is 0 Å². The highest BCUT2D eigenvalue weighted by atomic mass is 35.5. The first-order valence-electron chi connectivity index (χ1n) is 10.2. The zero-order valence-corrected chi connectivity index (χ0v) is 19.4. The number of H-pyrrole nitrogens is 1. The quantitative estimate of drug-likeness (QED) is 0.391. The van der Waals surface area contributed by atoms with Crippen molar-refractivity contribution in [2.75, 3.05) is 10.6 Å². The second-order valence-corrected chi connectivity index (χ2v) is 8.19. The van der Waals surface area contributed by atoms with Gasteiger partial charge in [-0.25, -0.2) is 0 Å². The van der Waals surface area contributed by atoms with Gasteiger partial charge in [-0.1, -0.05) is 47.5 Å². The third-order valence-corrected chi connectivity index (χ3v) is 5.60. The molecular weight excluding hydrogens is 485 g/mol. The Morgan fingerprint density at radius 3 is 1.37 bits per heavy atom. The van der Waals surface area contributed by atoms with Crippen LogP contribution in [0.4, 0.5) is 11.4 Å². The highest BCUT2D eigenvalue weighted by Gasteiger charge is 2.18. The normalized spacial score (nSPS) is 12.2. The van der Waals surface area contributed by atoms with Crippen LogP contribution in [0.2, 0.25) is 10.0 Å². The van der Waals surface area contributed by atoms with E-state index in [1.54, 1.807) is 72.8 Å². The average molecular weight is 500 g/mol. The Morgan fingerprint density at radius 1 is 0.657 bits per heavy atom. The Balaban J connectivity index is 1.86. The van der Waals surface area contributed by atoms with Gasteiger partial charge in [0.1, 0.15) is 23.3 Å². The van der Waals surface area contributed by atoms with Crippen molar-refractivity contribution in [2.45, 2.75) is 0 Å². The van der Waals surface area contributed by atoms with Crippen LogP contribution in [-0.2, 0) is 9.59 Å². The molecule has 0 aliphatic rings. The van der Waals surface area contributed by atoms with Gasteiger partial charge in [0.15, 0.2) is 0 Å². The summed E-state index contributed by atoms with van der Waals surface area (Å²) in [6, 6.07) is 23.6. The summed E-state index contributed by atoms with van der Waals surface area (Å²) >= 11 is 11.8. The molecular formula is C26H15Cl2N5O2. The molecule has 1 heterocycles. The Morgan fingerprint density at radius 2 is 1.03 bits per heavy atom. The molecule has 35 heavy (non-hydrogen) atoms. The van der Waals surface area contributed by atoms with E-state index in [0.29, 0.717) is 32.2 Å². The van der Waals surface area contributed by atoms with Crippen molar-refractivity contribution in [1.82, 2.24) is 4.98 Å². The summed E-state index contributed by atoms with van der Waals surface area (Å²) in [7, 11) is 0. The number of halogens is 2. The van der Waals surface area contributed by atoms with Crippen LogP contribution in [0, 0.1) is 22.7 Å². The summed E-state index contributed by atoms with van der Waals surface area (Å²) in [5.74, 6) is -1.31. The molecule has 4 aromatic rings. The number of benzene rings is 3. The van der Waals surface area contributed by atoms with Crippen LogP contribution in [0.5, 0.6) is 0 Å². The first-order chi connectivity index (χ1) is 16.9. The van der Waals surface area contributed by atoms with Crippen LogP contribution >= 0.6 is 23.2 Å². The highest BCUT2D eigenvalue weighted by molar-refractivity contribution is 6.31.